The van der Waals surface area contributed by atoms with Crippen molar-refractivity contribution in [1.82, 2.24) is 9.80 Å². The van der Waals surface area contributed by atoms with Gasteiger partial charge in [0.05, 0.1) is 7.11 Å². The van der Waals surface area contributed by atoms with E-state index in [-0.39, 0.29) is 17.7 Å². The number of hydrogen-bond donors (Lipinski definition) is 0. The topological polar surface area (TPSA) is 49.9 Å². The van der Waals surface area contributed by atoms with Gasteiger partial charge in [-0.25, -0.2) is 0 Å². The third-order valence-electron chi connectivity index (χ3n) is 5.39. The van der Waals surface area contributed by atoms with Gasteiger partial charge in [-0.15, -0.1) is 0 Å². The summed E-state index contributed by atoms with van der Waals surface area (Å²) < 4.78 is 5.27. The van der Waals surface area contributed by atoms with Gasteiger partial charge in [0, 0.05) is 45.4 Å². The first-order valence-electron chi connectivity index (χ1n) is 9.80. The van der Waals surface area contributed by atoms with Gasteiger partial charge in [-0.2, -0.15) is 0 Å². The van der Waals surface area contributed by atoms with E-state index in [2.05, 4.69) is 12.1 Å². The molecular formula is C23H28N2O3. The Labute approximate surface area is 166 Å². The molecule has 0 aliphatic carbocycles. The lowest BCUT2D eigenvalue weighted by molar-refractivity contribution is -0.132. The number of ether oxygens (including phenoxy) is 1. The molecule has 0 radical (unpaired) electrons. The van der Waals surface area contributed by atoms with Crippen LogP contribution in [0.5, 0.6) is 5.75 Å². The van der Waals surface area contributed by atoms with E-state index in [0.717, 1.165) is 29.8 Å². The number of methoxy groups -OCH3 is 1. The molecule has 5 heteroatoms. The molecule has 1 atom stereocenters. The van der Waals surface area contributed by atoms with Gasteiger partial charge in [-0.05, 0) is 29.7 Å². The Balaban J connectivity index is 1.77. The highest BCUT2D eigenvalue weighted by Gasteiger charge is 2.24. The monoisotopic (exact) mass is 380 g/mol. The Morgan fingerprint density at radius 2 is 1.50 bits per heavy atom. The smallest absolute Gasteiger partial charge is 0.223 e. The number of rotatable bonds is 5. The maximum Gasteiger partial charge on any atom is 0.223 e. The molecule has 0 saturated carbocycles. The van der Waals surface area contributed by atoms with Crippen molar-refractivity contribution in [2.24, 2.45) is 0 Å². The number of carbonyl (C=O) groups excluding carboxylic acids is 2. The highest BCUT2D eigenvalue weighted by molar-refractivity contribution is 5.78. The van der Waals surface area contributed by atoms with Crippen LogP contribution in [0.1, 0.15) is 36.8 Å². The fourth-order valence-corrected chi connectivity index (χ4v) is 3.74. The second-order valence-corrected chi connectivity index (χ2v) is 7.18. The maximum absolute atomic E-state index is 13.1. The predicted molar refractivity (Wildman–Crippen MR) is 109 cm³/mol. The van der Waals surface area contributed by atoms with Crippen molar-refractivity contribution in [3.05, 3.63) is 65.7 Å². The second-order valence-electron chi connectivity index (χ2n) is 7.18. The Bertz CT molecular complexity index is 789. The van der Waals surface area contributed by atoms with Gasteiger partial charge in [-0.1, -0.05) is 42.5 Å². The van der Waals surface area contributed by atoms with Gasteiger partial charge < -0.3 is 14.5 Å². The van der Waals surface area contributed by atoms with E-state index in [4.69, 9.17) is 4.74 Å². The van der Waals surface area contributed by atoms with E-state index >= 15 is 0 Å². The van der Waals surface area contributed by atoms with E-state index in [0.29, 0.717) is 26.1 Å². The van der Waals surface area contributed by atoms with Crippen LogP contribution in [0.4, 0.5) is 0 Å². The molecule has 2 aromatic rings. The molecule has 0 aromatic heterocycles. The van der Waals surface area contributed by atoms with Gasteiger partial charge >= 0.3 is 0 Å². The van der Waals surface area contributed by atoms with Crippen molar-refractivity contribution in [3.8, 4) is 5.75 Å². The molecular weight excluding hydrogens is 352 g/mol. The van der Waals surface area contributed by atoms with Crippen LogP contribution >= 0.6 is 0 Å². The summed E-state index contributed by atoms with van der Waals surface area (Å²) in [6.07, 6.45) is 1.24. The molecule has 5 nitrogen and oxygen atoms in total. The molecule has 1 aliphatic heterocycles. The Kier molecular flexibility index (Phi) is 6.69. The van der Waals surface area contributed by atoms with Crippen LogP contribution in [0.15, 0.2) is 54.6 Å². The number of benzene rings is 2. The maximum atomic E-state index is 13.1. The molecule has 2 amide bonds. The molecule has 2 aromatic carbocycles. The van der Waals surface area contributed by atoms with Crippen LogP contribution in [0.25, 0.3) is 0 Å². The highest BCUT2D eigenvalue weighted by atomic mass is 16.5. The Morgan fingerprint density at radius 1 is 0.893 bits per heavy atom. The molecule has 1 fully saturated rings. The number of amides is 2. The summed E-state index contributed by atoms with van der Waals surface area (Å²) >= 11 is 0. The Morgan fingerprint density at radius 3 is 2.14 bits per heavy atom. The predicted octanol–water partition coefficient (Wildman–Crippen LogP) is 3.30. The third kappa shape index (κ3) is 4.91. The molecule has 3 rings (SSSR count). The first-order chi connectivity index (χ1) is 13.6. The average Bonchev–Trinajstić information content (AvgIpc) is 2.99. The van der Waals surface area contributed by atoms with Crippen LogP contribution in [0.2, 0.25) is 0 Å². The van der Waals surface area contributed by atoms with Gasteiger partial charge in [0.1, 0.15) is 5.75 Å². The normalized spacial score (nSPS) is 15.6. The lowest BCUT2D eigenvalue weighted by Crippen LogP contribution is -2.37. The first-order valence-corrected chi connectivity index (χ1v) is 9.80. The molecule has 0 spiro atoms. The average molecular weight is 380 g/mol. The van der Waals surface area contributed by atoms with Crippen LogP contribution in [0.3, 0.4) is 0 Å². The van der Waals surface area contributed by atoms with Crippen LogP contribution in [0, 0.1) is 0 Å². The summed E-state index contributed by atoms with van der Waals surface area (Å²) in [6.45, 7) is 4.22. The first kappa shape index (κ1) is 19.9. The van der Waals surface area contributed by atoms with Crippen molar-refractivity contribution in [2.75, 3.05) is 33.3 Å². The summed E-state index contributed by atoms with van der Waals surface area (Å²) in [6, 6.07) is 18.1. The van der Waals surface area contributed by atoms with Crippen LogP contribution in [-0.4, -0.2) is 54.9 Å². The molecule has 28 heavy (non-hydrogen) atoms. The van der Waals surface area contributed by atoms with E-state index in [1.165, 1.54) is 0 Å². The quantitative estimate of drug-likeness (QED) is 0.800. The summed E-state index contributed by atoms with van der Waals surface area (Å²) in [5.74, 6) is 1.01. The fraction of sp³-hybridized carbons (Fsp3) is 0.391. The second kappa shape index (κ2) is 9.40. The van der Waals surface area contributed by atoms with Crippen molar-refractivity contribution < 1.29 is 14.3 Å². The minimum atomic E-state index is -0.00762. The molecule has 0 N–H and O–H groups in total. The summed E-state index contributed by atoms with van der Waals surface area (Å²) in [5.41, 5.74) is 2.22. The zero-order chi connectivity index (χ0) is 19.9. The lowest BCUT2D eigenvalue weighted by Gasteiger charge is -2.25. The van der Waals surface area contributed by atoms with Gasteiger partial charge in [0.2, 0.25) is 11.8 Å². The number of nitrogens with zero attached hydrogens (tertiary/aromatic N) is 2. The van der Waals surface area contributed by atoms with E-state index in [9.17, 15) is 9.59 Å². The van der Waals surface area contributed by atoms with Gasteiger partial charge in [0.15, 0.2) is 0 Å². The third-order valence-corrected chi connectivity index (χ3v) is 5.39. The summed E-state index contributed by atoms with van der Waals surface area (Å²) in [5, 5.41) is 0. The minimum absolute atomic E-state index is 0.00762. The van der Waals surface area contributed by atoms with Crippen LogP contribution < -0.4 is 4.74 Å². The highest BCUT2D eigenvalue weighted by Crippen LogP contribution is 2.30. The molecule has 1 heterocycles. The van der Waals surface area contributed by atoms with Crippen molar-refractivity contribution in [3.63, 3.8) is 0 Å². The largest absolute Gasteiger partial charge is 0.497 e. The lowest BCUT2D eigenvalue weighted by atomic mass is 9.88. The molecule has 0 bridgehead atoms. The van der Waals surface area contributed by atoms with E-state index < -0.39 is 0 Å². The Hall–Kier alpha value is -2.82. The molecule has 148 valence electrons. The van der Waals surface area contributed by atoms with E-state index in [1.54, 1.807) is 14.0 Å². The fourth-order valence-electron chi connectivity index (χ4n) is 3.74. The van der Waals surface area contributed by atoms with Crippen molar-refractivity contribution >= 4 is 11.8 Å². The standard InChI is InChI=1S/C23H28N2O3/c1-18(26)24-13-6-14-25(16-15-24)23(27)17-22(19-7-4-3-5-8-19)20-9-11-21(28-2)12-10-20/h3-5,7-12,22H,6,13-17H2,1-2H3. The number of hydrogen-bond acceptors (Lipinski definition) is 3. The number of carbonyl (C=O) groups is 2. The summed E-state index contributed by atoms with van der Waals surface area (Å²) in [4.78, 5) is 28.5. The molecule has 1 unspecified atom stereocenters. The van der Waals surface area contributed by atoms with Gasteiger partial charge in [0.25, 0.3) is 0 Å². The van der Waals surface area contributed by atoms with E-state index in [1.807, 2.05) is 52.3 Å². The zero-order valence-corrected chi connectivity index (χ0v) is 16.6. The molecule has 1 aliphatic rings. The van der Waals surface area contributed by atoms with Gasteiger partial charge in [-0.3, -0.25) is 9.59 Å². The van der Waals surface area contributed by atoms with Crippen molar-refractivity contribution in [2.45, 2.75) is 25.7 Å². The van der Waals surface area contributed by atoms with Crippen LogP contribution in [-0.2, 0) is 9.59 Å². The van der Waals surface area contributed by atoms with Crippen molar-refractivity contribution in [1.29, 1.82) is 0 Å². The molecule has 1 saturated heterocycles. The zero-order valence-electron chi connectivity index (χ0n) is 16.6. The summed E-state index contributed by atoms with van der Waals surface area (Å²) in [7, 11) is 1.65. The minimum Gasteiger partial charge on any atom is -0.497 e. The SMILES string of the molecule is COc1ccc(C(CC(=O)N2CCCN(C(C)=O)CC2)c2ccccc2)cc1.